The summed E-state index contributed by atoms with van der Waals surface area (Å²) in [5, 5.41) is 32.0. The van der Waals surface area contributed by atoms with Crippen LogP contribution >= 0.6 is 0 Å². The Morgan fingerprint density at radius 1 is 0.375 bits per heavy atom. The zero-order chi connectivity index (χ0) is 40.7. The summed E-state index contributed by atoms with van der Waals surface area (Å²) in [5.74, 6) is -0.0277. The average molecular weight is 794 g/mol. The molecule has 0 unspecified atom stereocenters. The Kier molecular flexibility index (Phi) is 48.2. The number of aliphatic hydroxyl groups excluding tert-OH is 3. The van der Waals surface area contributed by atoms with Gasteiger partial charge < -0.3 is 20.6 Å². The van der Waals surface area contributed by atoms with E-state index in [1.165, 1.54) is 244 Å². The second kappa shape index (κ2) is 48.7. The van der Waals surface area contributed by atoms with Gasteiger partial charge in [0.05, 0.1) is 18.8 Å². The van der Waals surface area contributed by atoms with E-state index in [-0.39, 0.29) is 12.5 Å². The van der Waals surface area contributed by atoms with Crippen LogP contribution in [0.1, 0.15) is 296 Å². The van der Waals surface area contributed by atoms with Crippen LogP contribution < -0.4 is 5.32 Å². The lowest BCUT2D eigenvalue weighted by atomic mass is 10.0. The van der Waals surface area contributed by atoms with Crippen LogP contribution in [-0.4, -0.2) is 46.6 Å². The molecule has 0 aromatic rings. The van der Waals surface area contributed by atoms with Gasteiger partial charge in [0, 0.05) is 13.0 Å². The predicted molar refractivity (Wildman–Crippen MR) is 246 cm³/mol. The Labute approximate surface area is 351 Å². The highest BCUT2D eigenvalue weighted by Gasteiger charge is 2.20. The highest BCUT2D eigenvalue weighted by molar-refractivity contribution is 5.76. The minimum absolute atomic E-state index is 0.0277. The summed E-state index contributed by atoms with van der Waals surface area (Å²) in [6.45, 7) is 2.44. The van der Waals surface area contributed by atoms with Crippen LogP contribution in [0.2, 0.25) is 0 Å². The second-order valence-corrected chi connectivity index (χ2v) is 18.0. The molecule has 0 aromatic heterocycles. The lowest BCUT2D eigenvalue weighted by molar-refractivity contribution is -0.123. The molecular formula is C51H103NO4. The molecule has 0 spiro atoms. The SMILES string of the molecule is CCCCCCCCCCCCCCC[C@@H](O)[C@H](CO)NC(=O)CCCCCCCCCCCCCCCCCCCCCCCCCCCCCCCCO. The number of amides is 1. The van der Waals surface area contributed by atoms with Crippen molar-refractivity contribution in [2.24, 2.45) is 0 Å². The van der Waals surface area contributed by atoms with E-state index in [0.717, 1.165) is 32.1 Å². The Hall–Kier alpha value is -0.650. The Bertz CT molecular complexity index is 733. The Balaban J connectivity index is 3.35. The molecule has 0 aromatic carbocycles. The van der Waals surface area contributed by atoms with Gasteiger partial charge in [0.15, 0.2) is 0 Å². The maximum absolute atomic E-state index is 12.4. The van der Waals surface area contributed by atoms with Crippen molar-refractivity contribution < 1.29 is 20.1 Å². The normalized spacial score (nSPS) is 12.7. The fourth-order valence-electron chi connectivity index (χ4n) is 8.46. The molecule has 0 fully saturated rings. The second-order valence-electron chi connectivity index (χ2n) is 18.0. The van der Waals surface area contributed by atoms with Gasteiger partial charge in [-0.25, -0.2) is 0 Å². The number of carbonyl (C=O) groups excluding carboxylic acids is 1. The van der Waals surface area contributed by atoms with Crippen molar-refractivity contribution in [2.75, 3.05) is 13.2 Å². The number of rotatable bonds is 49. The third kappa shape index (κ3) is 44.5. The first-order chi connectivity index (χ1) is 27.7. The minimum Gasteiger partial charge on any atom is -0.396 e. The molecule has 2 atom stereocenters. The van der Waals surface area contributed by atoms with Crippen LogP contribution in [0.5, 0.6) is 0 Å². The molecule has 0 aliphatic heterocycles. The molecule has 0 rings (SSSR count). The minimum atomic E-state index is -0.656. The molecule has 0 heterocycles. The molecular weight excluding hydrogens is 691 g/mol. The van der Waals surface area contributed by atoms with Crippen LogP contribution in [0.15, 0.2) is 0 Å². The fourth-order valence-corrected chi connectivity index (χ4v) is 8.46. The first-order valence-corrected chi connectivity index (χ1v) is 25.8. The molecule has 0 aliphatic carbocycles. The van der Waals surface area contributed by atoms with Crippen molar-refractivity contribution >= 4 is 5.91 Å². The highest BCUT2D eigenvalue weighted by Crippen LogP contribution is 2.18. The van der Waals surface area contributed by atoms with Crippen molar-refractivity contribution in [2.45, 2.75) is 308 Å². The number of unbranched alkanes of at least 4 members (excludes halogenated alkanes) is 41. The van der Waals surface area contributed by atoms with Gasteiger partial charge >= 0.3 is 0 Å². The van der Waals surface area contributed by atoms with Crippen LogP contribution in [0.3, 0.4) is 0 Å². The fraction of sp³-hybridized carbons (Fsp3) is 0.980. The highest BCUT2D eigenvalue weighted by atomic mass is 16.3. The summed E-state index contributed by atoms with van der Waals surface area (Å²) in [7, 11) is 0. The van der Waals surface area contributed by atoms with E-state index in [9.17, 15) is 15.0 Å². The van der Waals surface area contributed by atoms with Crippen molar-refractivity contribution in [1.82, 2.24) is 5.32 Å². The lowest BCUT2D eigenvalue weighted by Gasteiger charge is -2.22. The zero-order valence-electron chi connectivity index (χ0n) is 38.1. The summed E-state index contributed by atoms with van der Waals surface area (Å²) in [6, 6.07) is -0.532. The van der Waals surface area contributed by atoms with E-state index in [0.29, 0.717) is 19.4 Å². The smallest absolute Gasteiger partial charge is 0.220 e. The van der Waals surface area contributed by atoms with Gasteiger partial charge in [-0.2, -0.15) is 0 Å². The monoisotopic (exact) mass is 794 g/mol. The van der Waals surface area contributed by atoms with Gasteiger partial charge in [-0.05, 0) is 19.3 Å². The quantitative estimate of drug-likeness (QED) is 0.0462. The Morgan fingerprint density at radius 3 is 0.893 bits per heavy atom. The van der Waals surface area contributed by atoms with E-state index >= 15 is 0 Å². The number of carbonyl (C=O) groups is 1. The first kappa shape index (κ1) is 55.4. The van der Waals surface area contributed by atoms with Crippen molar-refractivity contribution in [3.05, 3.63) is 0 Å². The predicted octanol–water partition coefficient (Wildman–Crippen LogP) is 15.4. The number of nitrogens with one attached hydrogen (secondary N) is 1. The molecule has 1 amide bonds. The summed E-state index contributed by atoms with van der Waals surface area (Å²) in [4.78, 5) is 12.4. The molecule has 0 saturated heterocycles. The van der Waals surface area contributed by atoms with Gasteiger partial charge in [-0.1, -0.05) is 270 Å². The van der Waals surface area contributed by atoms with Crippen LogP contribution in [0.4, 0.5) is 0 Å². The van der Waals surface area contributed by atoms with Gasteiger partial charge in [-0.3, -0.25) is 4.79 Å². The molecule has 4 N–H and O–H groups in total. The molecule has 56 heavy (non-hydrogen) atoms. The van der Waals surface area contributed by atoms with E-state index in [1.807, 2.05) is 0 Å². The molecule has 0 aliphatic rings. The molecule has 0 bridgehead atoms. The van der Waals surface area contributed by atoms with E-state index in [4.69, 9.17) is 5.11 Å². The molecule has 5 nitrogen and oxygen atoms in total. The number of hydrogen-bond donors (Lipinski definition) is 4. The third-order valence-corrected chi connectivity index (χ3v) is 12.4. The summed E-state index contributed by atoms with van der Waals surface area (Å²) in [6.07, 6.45) is 58.0. The van der Waals surface area contributed by atoms with E-state index in [2.05, 4.69) is 12.2 Å². The largest absolute Gasteiger partial charge is 0.396 e. The van der Waals surface area contributed by atoms with E-state index < -0.39 is 12.1 Å². The van der Waals surface area contributed by atoms with Crippen LogP contribution in [-0.2, 0) is 4.79 Å². The molecule has 0 saturated carbocycles. The third-order valence-electron chi connectivity index (χ3n) is 12.4. The molecule has 5 heteroatoms. The summed E-state index contributed by atoms with van der Waals surface area (Å²) >= 11 is 0. The van der Waals surface area contributed by atoms with Gasteiger partial charge in [-0.15, -0.1) is 0 Å². The van der Waals surface area contributed by atoms with E-state index in [1.54, 1.807) is 0 Å². The zero-order valence-corrected chi connectivity index (χ0v) is 38.1. The van der Waals surface area contributed by atoms with Gasteiger partial charge in [0.2, 0.25) is 5.91 Å². The molecule has 336 valence electrons. The van der Waals surface area contributed by atoms with Crippen LogP contribution in [0, 0.1) is 0 Å². The van der Waals surface area contributed by atoms with Gasteiger partial charge in [0.25, 0.3) is 0 Å². The van der Waals surface area contributed by atoms with Gasteiger partial charge in [0.1, 0.15) is 0 Å². The topological polar surface area (TPSA) is 89.8 Å². The maximum Gasteiger partial charge on any atom is 0.220 e. The lowest BCUT2D eigenvalue weighted by Crippen LogP contribution is -2.45. The first-order valence-electron chi connectivity index (χ1n) is 25.8. The summed E-state index contributed by atoms with van der Waals surface area (Å²) in [5.41, 5.74) is 0. The van der Waals surface area contributed by atoms with Crippen molar-refractivity contribution in [3.8, 4) is 0 Å². The standard InChI is InChI=1S/C51H103NO4/c1-2-3-4-5-6-7-8-27-30-33-36-39-42-45-50(55)49(48-54)52-51(56)46-43-40-37-34-31-28-25-23-21-19-17-15-13-11-9-10-12-14-16-18-20-22-24-26-29-32-35-38-41-44-47-53/h49-50,53-55H,2-48H2,1H3,(H,52,56)/t49-,50+/m0/s1. The Morgan fingerprint density at radius 2 is 0.625 bits per heavy atom. The number of hydrogen-bond acceptors (Lipinski definition) is 4. The maximum atomic E-state index is 12.4. The number of aliphatic hydroxyl groups is 3. The van der Waals surface area contributed by atoms with Crippen molar-refractivity contribution in [3.63, 3.8) is 0 Å². The average Bonchev–Trinajstić information content (AvgIpc) is 3.20. The van der Waals surface area contributed by atoms with Crippen LogP contribution in [0.25, 0.3) is 0 Å². The van der Waals surface area contributed by atoms with Crippen molar-refractivity contribution in [1.29, 1.82) is 0 Å². The summed E-state index contributed by atoms with van der Waals surface area (Å²) < 4.78 is 0. The molecule has 0 radical (unpaired) electrons.